The summed E-state index contributed by atoms with van der Waals surface area (Å²) in [6, 6.07) is 6.13. The topological polar surface area (TPSA) is 35.2 Å². The largest absolute Gasteiger partial charge is 0.492 e. The molecule has 1 atom stereocenters. The number of halogens is 1. The van der Waals surface area contributed by atoms with E-state index in [2.05, 4.69) is 15.9 Å². The molecule has 16 heavy (non-hydrogen) atoms. The van der Waals surface area contributed by atoms with E-state index in [1.807, 2.05) is 25.1 Å². The molecule has 0 spiro atoms. The lowest BCUT2D eigenvalue weighted by molar-refractivity contribution is 0.300. The number of hydrogen-bond donors (Lipinski definition) is 1. The summed E-state index contributed by atoms with van der Waals surface area (Å²) in [5.74, 6) is 1.84. The molecule has 2 N–H and O–H groups in total. The highest BCUT2D eigenvalue weighted by Crippen LogP contribution is 2.33. The lowest BCUT2D eigenvalue weighted by atomic mass is 10.1. The van der Waals surface area contributed by atoms with Crippen molar-refractivity contribution in [3.63, 3.8) is 0 Å². The zero-order valence-corrected chi connectivity index (χ0v) is 11.2. The molecule has 2 rings (SSSR count). The van der Waals surface area contributed by atoms with Crippen molar-refractivity contribution in [3.8, 4) is 5.75 Å². The molecule has 2 nitrogen and oxygen atoms in total. The first-order chi connectivity index (χ1) is 7.66. The fourth-order valence-corrected chi connectivity index (χ4v) is 2.17. The van der Waals surface area contributed by atoms with Gasteiger partial charge in [-0.25, -0.2) is 0 Å². The first kappa shape index (κ1) is 11.9. The molecule has 1 aliphatic rings. The van der Waals surface area contributed by atoms with Crippen LogP contribution in [0.5, 0.6) is 5.75 Å². The van der Waals surface area contributed by atoms with E-state index in [4.69, 9.17) is 10.5 Å². The van der Waals surface area contributed by atoms with Gasteiger partial charge in [-0.15, -0.1) is 0 Å². The monoisotopic (exact) mass is 283 g/mol. The first-order valence-electron chi connectivity index (χ1n) is 5.84. The van der Waals surface area contributed by atoms with Gasteiger partial charge in [-0.3, -0.25) is 0 Å². The molecule has 0 radical (unpaired) electrons. The quantitative estimate of drug-likeness (QED) is 0.895. The van der Waals surface area contributed by atoms with E-state index in [1.54, 1.807) is 0 Å². The maximum Gasteiger partial charge on any atom is 0.133 e. The predicted molar refractivity (Wildman–Crippen MR) is 69.6 cm³/mol. The smallest absolute Gasteiger partial charge is 0.133 e. The van der Waals surface area contributed by atoms with E-state index < -0.39 is 0 Å². The Bertz CT molecular complexity index is 361. The van der Waals surface area contributed by atoms with Crippen molar-refractivity contribution in [1.82, 2.24) is 0 Å². The first-order valence-corrected chi connectivity index (χ1v) is 6.64. The van der Waals surface area contributed by atoms with Gasteiger partial charge in [0.25, 0.3) is 0 Å². The van der Waals surface area contributed by atoms with Crippen LogP contribution in [0.1, 0.15) is 37.8 Å². The molecular formula is C13H18BrNO. The van der Waals surface area contributed by atoms with Crippen molar-refractivity contribution in [2.45, 2.75) is 32.2 Å². The summed E-state index contributed by atoms with van der Waals surface area (Å²) in [5.41, 5.74) is 6.95. The molecule has 1 aromatic rings. The van der Waals surface area contributed by atoms with Crippen molar-refractivity contribution >= 4 is 15.9 Å². The molecule has 0 amide bonds. The van der Waals surface area contributed by atoms with E-state index in [9.17, 15) is 0 Å². The summed E-state index contributed by atoms with van der Waals surface area (Å²) in [6.07, 6.45) is 3.95. The third-order valence-corrected chi connectivity index (χ3v) is 3.58. The van der Waals surface area contributed by atoms with E-state index in [-0.39, 0.29) is 6.04 Å². The Labute approximate surface area is 105 Å². The molecule has 0 aliphatic heterocycles. The predicted octanol–water partition coefficient (Wildman–Crippen LogP) is 3.65. The van der Waals surface area contributed by atoms with Crippen LogP contribution in [0.3, 0.4) is 0 Å². The number of rotatable bonds is 5. The molecular weight excluding hydrogens is 266 g/mol. The average Bonchev–Trinajstić information content (AvgIpc) is 3.04. The normalized spacial score (nSPS) is 17.2. The van der Waals surface area contributed by atoms with Crippen molar-refractivity contribution in [2.24, 2.45) is 11.7 Å². The highest BCUT2D eigenvalue weighted by molar-refractivity contribution is 9.10. The van der Waals surface area contributed by atoms with E-state index in [1.165, 1.54) is 19.3 Å². The van der Waals surface area contributed by atoms with Gasteiger partial charge in [-0.05, 0) is 52.9 Å². The number of nitrogens with two attached hydrogens (primary N) is 1. The van der Waals surface area contributed by atoms with Gasteiger partial charge in [0.1, 0.15) is 5.75 Å². The van der Waals surface area contributed by atoms with Crippen LogP contribution in [-0.4, -0.2) is 6.61 Å². The lowest BCUT2D eigenvalue weighted by Gasteiger charge is -2.11. The van der Waals surface area contributed by atoms with Crippen LogP contribution in [0.2, 0.25) is 0 Å². The van der Waals surface area contributed by atoms with Crippen LogP contribution in [0.25, 0.3) is 0 Å². The van der Waals surface area contributed by atoms with Crippen molar-refractivity contribution in [1.29, 1.82) is 0 Å². The molecule has 0 aromatic heterocycles. The summed E-state index contributed by atoms with van der Waals surface area (Å²) in [7, 11) is 0. The van der Waals surface area contributed by atoms with Crippen LogP contribution in [0.15, 0.2) is 22.7 Å². The minimum absolute atomic E-state index is 0.0665. The fraction of sp³-hybridized carbons (Fsp3) is 0.538. The van der Waals surface area contributed by atoms with Crippen LogP contribution in [-0.2, 0) is 0 Å². The van der Waals surface area contributed by atoms with Gasteiger partial charge in [-0.2, -0.15) is 0 Å². The third-order valence-electron chi connectivity index (χ3n) is 2.96. The van der Waals surface area contributed by atoms with Crippen molar-refractivity contribution < 1.29 is 4.74 Å². The summed E-state index contributed by atoms with van der Waals surface area (Å²) < 4.78 is 6.73. The maximum atomic E-state index is 5.82. The van der Waals surface area contributed by atoms with Gasteiger partial charge in [0.05, 0.1) is 11.1 Å². The lowest BCUT2D eigenvalue weighted by Crippen LogP contribution is -2.05. The van der Waals surface area contributed by atoms with E-state index >= 15 is 0 Å². The molecule has 3 heteroatoms. The summed E-state index contributed by atoms with van der Waals surface area (Å²) in [5, 5.41) is 0. The van der Waals surface area contributed by atoms with Gasteiger partial charge >= 0.3 is 0 Å². The Balaban J connectivity index is 1.92. The van der Waals surface area contributed by atoms with E-state index in [0.29, 0.717) is 0 Å². The summed E-state index contributed by atoms with van der Waals surface area (Å²) in [4.78, 5) is 0. The van der Waals surface area contributed by atoms with Crippen LogP contribution < -0.4 is 10.5 Å². The Morgan fingerprint density at radius 1 is 1.50 bits per heavy atom. The second-order valence-corrected chi connectivity index (χ2v) is 5.41. The highest BCUT2D eigenvalue weighted by Gasteiger charge is 2.20. The zero-order valence-electron chi connectivity index (χ0n) is 9.58. The Kier molecular flexibility index (Phi) is 3.87. The number of hydrogen-bond acceptors (Lipinski definition) is 2. The number of ether oxygens (including phenoxy) is 1. The maximum absolute atomic E-state index is 5.82. The summed E-state index contributed by atoms with van der Waals surface area (Å²) >= 11 is 3.52. The molecule has 1 fully saturated rings. The van der Waals surface area contributed by atoms with Gasteiger partial charge < -0.3 is 10.5 Å². The average molecular weight is 284 g/mol. The van der Waals surface area contributed by atoms with Gasteiger partial charge in [0, 0.05) is 6.04 Å². The van der Waals surface area contributed by atoms with Crippen LogP contribution in [0, 0.1) is 5.92 Å². The van der Waals surface area contributed by atoms with E-state index in [0.717, 1.165) is 28.3 Å². The second-order valence-electron chi connectivity index (χ2n) is 4.56. The van der Waals surface area contributed by atoms with Crippen molar-refractivity contribution in [2.75, 3.05) is 6.61 Å². The van der Waals surface area contributed by atoms with Crippen molar-refractivity contribution in [3.05, 3.63) is 28.2 Å². The molecule has 1 saturated carbocycles. The van der Waals surface area contributed by atoms with Crippen LogP contribution in [0.4, 0.5) is 0 Å². The second kappa shape index (κ2) is 5.19. The van der Waals surface area contributed by atoms with Gasteiger partial charge in [0.2, 0.25) is 0 Å². The molecule has 0 bridgehead atoms. The molecule has 1 aromatic carbocycles. The molecule has 1 unspecified atom stereocenters. The van der Waals surface area contributed by atoms with Gasteiger partial charge in [-0.1, -0.05) is 18.9 Å². The van der Waals surface area contributed by atoms with Crippen LogP contribution >= 0.6 is 15.9 Å². The SMILES string of the molecule is CC(N)c1ccc(OCCC2CC2)c(Br)c1. The molecule has 1 aliphatic carbocycles. The molecule has 88 valence electrons. The van der Waals surface area contributed by atoms with Gasteiger partial charge in [0.15, 0.2) is 0 Å². The standard InChI is InChI=1S/C13H18BrNO/c1-9(15)11-4-5-13(12(14)8-11)16-7-6-10-2-3-10/h4-5,8-10H,2-3,6-7,15H2,1H3. The number of benzene rings is 1. The highest BCUT2D eigenvalue weighted by atomic mass is 79.9. The zero-order chi connectivity index (χ0) is 11.5. The Morgan fingerprint density at radius 2 is 2.25 bits per heavy atom. The minimum atomic E-state index is 0.0665. The molecule has 0 heterocycles. The Hall–Kier alpha value is -0.540. The molecule has 0 saturated heterocycles. The minimum Gasteiger partial charge on any atom is -0.492 e. The third kappa shape index (κ3) is 3.22. The summed E-state index contributed by atoms with van der Waals surface area (Å²) in [6.45, 7) is 2.80. The fourth-order valence-electron chi connectivity index (χ4n) is 1.66. The Morgan fingerprint density at radius 3 is 2.81 bits per heavy atom.